The molecule has 1 amide bonds. The van der Waals surface area contributed by atoms with Crippen molar-refractivity contribution in [2.24, 2.45) is 0 Å². The number of aliphatic hydroxyl groups is 2. The zero-order valence-corrected chi connectivity index (χ0v) is 14.7. The van der Waals surface area contributed by atoms with E-state index in [4.69, 9.17) is 0 Å². The first-order chi connectivity index (χ1) is 13.1. The molecule has 6 heteroatoms. The number of ketones is 1. The highest BCUT2D eigenvalue weighted by Crippen LogP contribution is 2.28. The number of amides is 1. The quantitative estimate of drug-likeness (QED) is 0.548. The first-order valence-corrected chi connectivity index (χ1v) is 8.91. The lowest BCUT2D eigenvalue weighted by Gasteiger charge is -2.32. The van der Waals surface area contributed by atoms with Crippen LogP contribution in [0.15, 0.2) is 60.8 Å². The van der Waals surface area contributed by atoms with Gasteiger partial charge in [-0.05, 0) is 30.2 Å². The van der Waals surface area contributed by atoms with Crippen LogP contribution >= 0.6 is 0 Å². The van der Waals surface area contributed by atoms with Gasteiger partial charge in [-0.25, -0.2) is 0 Å². The zero-order chi connectivity index (χ0) is 19.0. The second-order valence-electron chi connectivity index (χ2n) is 6.77. The Hall–Kier alpha value is -2.96. The summed E-state index contributed by atoms with van der Waals surface area (Å²) in [5, 5.41) is 19.5. The van der Waals surface area contributed by atoms with Gasteiger partial charge in [-0.15, -0.1) is 0 Å². The Morgan fingerprint density at radius 1 is 0.963 bits per heavy atom. The molecule has 1 aromatic carbocycles. The molecule has 1 aliphatic heterocycles. The first kappa shape index (κ1) is 17.5. The number of rotatable bonds is 3. The minimum absolute atomic E-state index is 0.0459. The third-order valence-electron chi connectivity index (χ3n) is 5.01. The third kappa shape index (κ3) is 3.13. The molecule has 1 fully saturated rings. The minimum atomic E-state index is -1.03. The maximum Gasteiger partial charge on any atom is 0.296 e. The van der Waals surface area contributed by atoms with Gasteiger partial charge in [0.05, 0.1) is 12.2 Å². The third-order valence-corrected chi connectivity index (χ3v) is 5.01. The number of nitrogens with zero attached hydrogens (tertiary/aromatic N) is 2. The molecule has 0 unspecified atom stereocenters. The number of pyridine rings is 1. The SMILES string of the molecule is O=C(C(=O)N1CC[C@@H](O)[C@H](O)C1)c1c(-c2ccccc2)cc2ccccn12. The van der Waals surface area contributed by atoms with E-state index in [-0.39, 0.29) is 19.5 Å². The summed E-state index contributed by atoms with van der Waals surface area (Å²) in [4.78, 5) is 27.3. The lowest BCUT2D eigenvalue weighted by atomic mass is 10.0. The topological polar surface area (TPSA) is 82.2 Å². The van der Waals surface area contributed by atoms with Crippen LogP contribution in [0.1, 0.15) is 16.9 Å². The van der Waals surface area contributed by atoms with Gasteiger partial charge in [0, 0.05) is 30.4 Å². The molecule has 1 aliphatic rings. The number of piperidine rings is 1. The highest BCUT2D eigenvalue weighted by atomic mass is 16.3. The van der Waals surface area contributed by atoms with Crippen LogP contribution in [0, 0.1) is 0 Å². The van der Waals surface area contributed by atoms with Gasteiger partial charge < -0.3 is 19.5 Å². The molecule has 3 aromatic rings. The van der Waals surface area contributed by atoms with Crippen LogP contribution in [0.4, 0.5) is 0 Å². The number of aliphatic hydroxyl groups excluding tert-OH is 2. The molecule has 0 radical (unpaired) electrons. The Bertz CT molecular complexity index is 996. The number of benzene rings is 1. The number of aromatic nitrogens is 1. The highest BCUT2D eigenvalue weighted by Gasteiger charge is 2.34. The predicted molar refractivity (Wildman–Crippen MR) is 100 cm³/mol. The van der Waals surface area contributed by atoms with Gasteiger partial charge in [0.15, 0.2) is 0 Å². The van der Waals surface area contributed by atoms with E-state index in [2.05, 4.69) is 0 Å². The van der Waals surface area contributed by atoms with Crippen LogP contribution in [-0.4, -0.2) is 56.5 Å². The smallest absolute Gasteiger partial charge is 0.296 e. The number of likely N-dealkylation sites (tertiary alicyclic amines) is 1. The molecular formula is C21H20N2O4. The number of carbonyl (C=O) groups excluding carboxylic acids is 2. The Labute approximate surface area is 156 Å². The van der Waals surface area contributed by atoms with Crippen molar-refractivity contribution in [1.29, 1.82) is 0 Å². The monoisotopic (exact) mass is 364 g/mol. The van der Waals surface area contributed by atoms with E-state index in [1.54, 1.807) is 10.6 Å². The molecule has 0 saturated carbocycles. The normalized spacial score (nSPS) is 20.0. The van der Waals surface area contributed by atoms with Crippen molar-refractivity contribution < 1.29 is 19.8 Å². The fraction of sp³-hybridized carbons (Fsp3) is 0.238. The standard InChI is InChI=1S/C21H20N2O4/c24-17-9-11-22(13-18(17)25)21(27)20(26)19-16(14-6-2-1-3-7-14)12-15-8-4-5-10-23(15)19/h1-8,10,12,17-18,24-25H,9,11,13H2/t17-,18-/m1/s1. The maximum absolute atomic E-state index is 13.1. The molecular weight excluding hydrogens is 344 g/mol. The molecule has 6 nitrogen and oxygen atoms in total. The molecule has 2 aromatic heterocycles. The fourth-order valence-corrected chi connectivity index (χ4v) is 3.54. The molecule has 4 rings (SSSR count). The summed E-state index contributed by atoms with van der Waals surface area (Å²) in [5.41, 5.74) is 2.67. The van der Waals surface area contributed by atoms with Gasteiger partial charge in [-0.1, -0.05) is 36.4 Å². The van der Waals surface area contributed by atoms with Crippen LogP contribution in [0.2, 0.25) is 0 Å². The summed E-state index contributed by atoms with van der Waals surface area (Å²) in [6, 6.07) is 16.9. The molecule has 1 saturated heterocycles. The van der Waals surface area contributed by atoms with E-state index in [9.17, 15) is 19.8 Å². The number of Topliss-reactive ketones (excluding diaryl/α,β-unsaturated/α-hetero) is 1. The highest BCUT2D eigenvalue weighted by molar-refractivity contribution is 6.43. The lowest BCUT2D eigenvalue weighted by Crippen LogP contribution is -2.51. The summed E-state index contributed by atoms with van der Waals surface area (Å²) in [7, 11) is 0. The number of β-amino-alcohol motifs (C(OH)–C–C–N with tert-alkyl or cyclic N) is 1. The van der Waals surface area contributed by atoms with Gasteiger partial charge in [0.25, 0.3) is 11.7 Å². The van der Waals surface area contributed by atoms with Crippen molar-refractivity contribution in [3.05, 3.63) is 66.5 Å². The average Bonchev–Trinajstić information content (AvgIpc) is 3.09. The Morgan fingerprint density at radius 3 is 2.44 bits per heavy atom. The van der Waals surface area contributed by atoms with E-state index in [0.717, 1.165) is 11.1 Å². The van der Waals surface area contributed by atoms with Gasteiger partial charge >= 0.3 is 0 Å². The zero-order valence-electron chi connectivity index (χ0n) is 14.7. The summed E-state index contributed by atoms with van der Waals surface area (Å²) in [5.74, 6) is -1.29. The number of carbonyl (C=O) groups is 2. The largest absolute Gasteiger partial charge is 0.390 e. The predicted octanol–water partition coefficient (Wildman–Crippen LogP) is 1.74. The van der Waals surface area contributed by atoms with Gasteiger partial charge in [0.1, 0.15) is 5.69 Å². The van der Waals surface area contributed by atoms with Crippen molar-refractivity contribution in [2.45, 2.75) is 18.6 Å². The average molecular weight is 364 g/mol. The van der Waals surface area contributed by atoms with E-state index < -0.39 is 23.9 Å². The number of hydrogen-bond acceptors (Lipinski definition) is 4. The second kappa shape index (κ2) is 6.98. The molecule has 0 aliphatic carbocycles. The summed E-state index contributed by atoms with van der Waals surface area (Å²) in [6.45, 7) is 0.197. The number of hydrogen-bond donors (Lipinski definition) is 2. The molecule has 3 heterocycles. The molecule has 138 valence electrons. The second-order valence-corrected chi connectivity index (χ2v) is 6.77. The van der Waals surface area contributed by atoms with Crippen molar-refractivity contribution in [3.8, 4) is 11.1 Å². The van der Waals surface area contributed by atoms with Crippen LogP contribution in [-0.2, 0) is 4.79 Å². The van der Waals surface area contributed by atoms with Crippen molar-refractivity contribution >= 4 is 17.2 Å². The summed E-state index contributed by atoms with van der Waals surface area (Å²) < 4.78 is 1.72. The van der Waals surface area contributed by atoms with E-state index >= 15 is 0 Å². The molecule has 27 heavy (non-hydrogen) atoms. The van der Waals surface area contributed by atoms with Crippen LogP contribution in [0.25, 0.3) is 16.6 Å². The Morgan fingerprint density at radius 2 is 1.70 bits per heavy atom. The van der Waals surface area contributed by atoms with Crippen molar-refractivity contribution in [1.82, 2.24) is 9.30 Å². The minimum Gasteiger partial charge on any atom is -0.390 e. The van der Waals surface area contributed by atoms with E-state index in [0.29, 0.717) is 11.3 Å². The van der Waals surface area contributed by atoms with Gasteiger partial charge in [-0.3, -0.25) is 9.59 Å². The summed E-state index contributed by atoms with van der Waals surface area (Å²) in [6.07, 6.45) is 0.115. The molecule has 0 bridgehead atoms. The molecule has 0 spiro atoms. The van der Waals surface area contributed by atoms with Gasteiger partial charge in [-0.2, -0.15) is 0 Å². The van der Waals surface area contributed by atoms with Gasteiger partial charge in [0.2, 0.25) is 0 Å². The van der Waals surface area contributed by atoms with Crippen LogP contribution in [0.5, 0.6) is 0 Å². The van der Waals surface area contributed by atoms with E-state index in [1.807, 2.05) is 54.6 Å². The molecule has 2 N–H and O–H groups in total. The van der Waals surface area contributed by atoms with Crippen molar-refractivity contribution in [2.75, 3.05) is 13.1 Å². The number of fused-ring (bicyclic) bond motifs is 1. The van der Waals surface area contributed by atoms with Crippen molar-refractivity contribution in [3.63, 3.8) is 0 Å². The molecule has 2 atom stereocenters. The Balaban J connectivity index is 1.76. The first-order valence-electron chi connectivity index (χ1n) is 8.91. The van der Waals surface area contributed by atoms with E-state index in [1.165, 1.54) is 4.90 Å². The van der Waals surface area contributed by atoms with Crippen LogP contribution < -0.4 is 0 Å². The van der Waals surface area contributed by atoms with Crippen LogP contribution in [0.3, 0.4) is 0 Å². The maximum atomic E-state index is 13.1. The Kier molecular flexibility index (Phi) is 4.51. The summed E-state index contributed by atoms with van der Waals surface area (Å²) >= 11 is 0. The fourth-order valence-electron chi connectivity index (χ4n) is 3.54. The lowest BCUT2D eigenvalue weighted by molar-refractivity contribution is -0.132.